The van der Waals surface area contributed by atoms with Crippen LogP contribution in [0.5, 0.6) is 0 Å². The van der Waals surface area contributed by atoms with E-state index < -0.39 is 0 Å². The van der Waals surface area contributed by atoms with Gasteiger partial charge in [-0.3, -0.25) is 9.59 Å². The SMILES string of the molecule is CC(=O)N/C(C=O)=C/c1ccccc1. The quantitative estimate of drug-likeness (QED) is 0.576. The fraction of sp³-hybridized carbons (Fsp3) is 0.0909. The first-order valence-electron chi connectivity index (χ1n) is 4.22. The normalized spacial score (nSPS) is 10.8. The van der Waals surface area contributed by atoms with Crippen molar-refractivity contribution in [1.82, 2.24) is 5.32 Å². The summed E-state index contributed by atoms with van der Waals surface area (Å²) >= 11 is 0. The van der Waals surface area contributed by atoms with Gasteiger partial charge in [-0.1, -0.05) is 30.3 Å². The molecule has 0 heterocycles. The molecule has 1 N–H and O–H groups in total. The molecule has 0 aliphatic heterocycles. The molecule has 1 rings (SSSR count). The van der Waals surface area contributed by atoms with Crippen molar-refractivity contribution in [3.63, 3.8) is 0 Å². The molecule has 72 valence electrons. The van der Waals surface area contributed by atoms with Crippen molar-refractivity contribution in [2.45, 2.75) is 6.92 Å². The third-order valence-electron chi connectivity index (χ3n) is 1.57. The number of hydrogen-bond donors (Lipinski definition) is 1. The Hall–Kier alpha value is -1.90. The molecular weight excluding hydrogens is 178 g/mol. The fourth-order valence-corrected chi connectivity index (χ4v) is 1.03. The summed E-state index contributed by atoms with van der Waals surface area (Å²) in [4.78, 5) is 21.3. The van der Waals surface area contributed by atoms with Crippen LogP contribution in [0.3, 0.4) is 0 Å². The standard InChI is InChI=1S/C11H11NO2/c1-9(14)12-11(8-13)7-10-5-3-2-4-6-10/h2-8H,1H3,(H,12,14)/b11-7+. The van der Waals surface area contributed by atoms with Gasteiger partial charge in [0.15, 0.2) is 6.29 Å². The van der Waals surface area contributed by atoms with E-state index in [1.807, 2.05) is 30.3 Å². The maximum absolute atomic E-state index is 10.7. The average Bonchev–Trinajstić information content (AvgIpc) is 2.17. The molecule has 0 aromatic heterocycles. The molecule has 0 atom stereocenters. The molecular formula is C11H11NO2. The first-order chi connectivity index (χ1) is 6.72. The Morgan fingerprint density at radius 1 is 1.29 bits per heavy atom. The van der Waals surface area contributed by atoms with Crippen LogP contribution >= 0.6 is 0 Å². The van der Waals surface area contributed by atoms with Crippen LogP contribution in [0.25, 0.3) is 6.08 Å². The predicted molar refractivity (Wildman–Crippen MR) is 54.3 cm³/mol. The Bertz CT molecular complexity index is 355. The molecule has 14 heavy (non-hydrogen) atoms. The van der Waals surface area contributed by atoms with Gasteiger partial charge in [0.1, 0.15) is 0 Å². The van der Waals surface area contributed by atoms with Gasteiger partial charge in [-0.25, -0.2) is 0 Å². The Morgan fingerprint density at radius 3 is 2.43 bits per heavy atom. The van der Waals surface area contributed by atoms with Gasteiger partial charge >= 0.3 is 0 Å². The number of allylic oxidation sites excluding steroid dienone is 1. The molecule has 0 saturated heterocycles. The summed E-state index contributed by atoms with van der Waals surface area (Å²) in [5, 5.41) is 2.43. The van der Waals surface area contributed by atoms with Crippen LogP contribution < -0.4 is 5.32 Å². The van der Waals surface area contributed by atoms with Gasteiger partial charge in [0, 0.05) is 6.92 Å². The second-order valence-corrected chi connectivity index (χ2v) is 2.81. The summed E-state index contributed by atoms with van der Waals surface area (Å²) in [5.74, 6) is -0.251. The van der Waals surface area contributed by atoms with Crippen LogP contribution in [0, 0.1) is 0 Å². The Morgan fingerprint density at radius 2 is 1.93 bits per heavy atom. The van der Waals surface area contributed by atoms with Gasteiger partial charge in [0.25, 0.3) is 0 Å². The molecule has 0 spiro atoms. The third-order valence-corrected chi connectivity index (χ3v) is 1.57. The minimum atomic E-state index is -0.251. The molecule has 0 aliphatic rings. The highest BCUT2D eigenvalue weighted by molar-refractivity contribution is 5.88. The average molecular weight is 189 g/mol. The van der Waals surface area contributed by atoms with E-state index in [9.17, 15) is 9.59 Å². The smallest absolute Gasteiger partial charge is 0.221 e. The minimum Gasteiger partial charge on any atom is -0.324 e. The van der Waals surface area contributed by atoms with Crippen molar-refractivity contribution < 1.29 is 9.59 Å². The molecule has 1 aromatic carbocycles. The lowest BCUT2D eigenvalue weighted by atomic mass is 10.2. The number of rotatable bonds is 3. The summed E-state index contributed by atoms with van der Waals surface area (Å²) in [6.45, 7) is 1.36. The maximum Gasteiger partial charge on any atom is 0.221 e. The van der Waals surface area contributed by atoms with Gasteiger partial charge in [0.2, 0.25) is 5.91 Å². The lowest BCUT2D eigenvalue weighted by Gasteiger charge is -1.99. The van der Waals surface area contributed by atoms with Gasteiger partial charge in [-0.15, -0.1) is 0 Å². The van der Waals surface area contributed by atoms with E-state index in [4.69, 9.17) is 0 Å². The molecule has 0 saturated carbocycles. The first-order valence-corrected chi connectivity index (χ1v) is 4.22. The van der Waals surface area contributed by atoms with E-state index in [-0.39, 0.29) is 11.6 Å². The van der Waals surface area contributed by atoms with Gasteiger partial charge < -0.3 is 5.32 Å². The van der Waals surface area contributed by atoms with Crippen molar-refractivity contribution in [2.75, 3.05) is 0 Å². The first kappa shape index (κ1) is 10.2. The number of benzene rings is 1. The Labute approximate surface area is 82.4 Å². The third kappa shape index (κ3) is 3.23. The molecule has 3 heteroatoms. The zero-order valence-electron chi connectivity index (χ0n) is 7.86. The van der Waals surface area contributed by atoms with Crippen molar-refractivity contribution >= 4 is 18.3 Å². The number of amides is 1. The van der Waals surface area contributed by atoms with Crippen molar-refractivity contribution in [3.8, 4) is 0 Å². The van der Waals surface area contributed by atoms with Crippen LogP contribution in [0.4, 0.5) is 0 Å². The fourth-order valence-electron chi connectivity index (χ4n) is 1.03. The van der Waals surface area contributed by atoms with E-state index in [1.165, 1.54) is 6.92 Å². The molecule has 0 bridgehead atoms. The topological polar surface area (TPSA) is 46.2 Å². The van der Waals surface area contributed by atoms with Crippen LogP contribution in [0.15, 0.2) is 36.0 Å². The van der Waals surface area contributed by atoms with Gasteiger partial charge in [0.05, 0.1) is 5.70 Å². The van der Waals surface area contributed by atoms with Crippen LogP contribution in [-0.4, -0.2) is 12.2 Å². The number of carbonyl (C=O) groups is 2. The van der Waals surface area contributed by atoms with Crippen molar-refractivity contribution in [1.29, 1.82) is 0 Å². The summed E-state index contributed by atoms with van der Waals surface area (Å²) < 4.78 is 0. The molecule has 0 radical (unpaired) electrons. The lowest BCUT2D eigenvalue weighted by molar-refractivity contribution is -0.119. The van der Waals surface area contributed by atoms with E-state index in [0.29, 0.717) is 6.29 Å². The molecule has 1 amide bonds. The summed E-state index contributed by atoms with van der Waals surface area (Å²) in [6, 6.07) is 9.32. The monoisotopic (exact) mass is 189 g/mol. The highest BCUT2D eigenvalue weighted by Gasteiger charge is 1.97. The minimum absolute atomic E-state index is 0.251. The van der Waals surface area contributed by atoms with E-state index in [0.717, 1.165) is 5.56 Å². The van der Waals surface area contributed by atoms with E-state index in [2.05, 4.69) is 5.32 Å². The summed E-state index contributed by atoms with van der Waals surface area (Å²) in [7, 11) is 0. The van der Waals surface area contributed by atoms with Crippen LogP contribution in [0.2, 0.25) is 0 Å². The zero-order valence-corrected chi connectivity index (χ0v) is 7.86. The van der Waals surface area contributed by atoms with Gasteiger partial charge in [-0.05, 0) is 11.6 Å². The lowest BCUT2D eigenvalue weighted by Crippen LogP contribution is -2.19. The van der Waals surface area contributed by atoms with Crippen molar-refractivity contribution in [2.24, 2.45) is 0 Å². The number of hydrogen-bond acceptors (Lipinski definition) is 2. The highest BCUT2D eigenvalue weighted by atomic mass is 16.2. The second-order valence-electron chi connectivity index (χ2n) is 2.81. The zero-order chi connectivity index (χ0) is 10.4. The Kier molecular flexibility index (Phi) is 3.61. The highest BCUT2D eigenvalue weighted by Crippen LogP contribution is 2.02. The van der Waals surface area contributed by atoms with Crippen LogP contribution in [-0.2, 0) is 9.59 Å². The molecule has 1 aromatic rings. The molecule has 0 fully saturated rings. The summed E-state index contributed by atoms with van der Waals surface area (Å²) in [6.07, 6.45) is 2.24. The number of nitrogens with one attached hydrogen (secondary N) is 1. The second kappa shape index (κ2) is 4.97. The van der Waals surface area contributed by atoms with Crippen molar-refractivity contribution in [3.05, 3.63) is 41.6 Å². The Balaban J connectivity index is 2.84. The maximum atomic E-state index is 10.7. The predicted octanol–water partition coefficient (Wildman–Crippen LogP) is 1.36. The largest absolute Gasteiger partial charge is 0.324 e. The summed E-state index contributed by atoms with van der Waals surface area (Å²) in [5.41, 5.74) is 1.15. The molecule has 3 nitrogen and oxygen atoms in total. The molecule has 0 unspecified atom stereocenters. The number of carbonyl (C=O) groups excluding carboxylic acids is 2. The van der Waals surface area contributed by atoms with E-state index in [1.54, 1.807) is 6.08 Å². The molecule has 0 aliphatic carbocycles. The van der Waals surface area contributed by atoms with Crippen LogP contribution in [0.1, 0.15) is 12.5 Å². The van der Waals surface area contributed by atoms with E-state index >= 15 is 0 Å². The number of aldehydes is 1. The van der Waals surface area contributed by atoms with Gasteiger partial charge in [-0.2, -0.15) is 0 Å².